The summed E-state index contributed by atoms with van der Waals surface area (Å²) in [5.74, 6) is 1.54. The van der Waals surface area contributed by atoms with Crippen LogP contribution in [0.3, 0.4) is 0 Å². The van der Waals surface area contributed by atoms with Crippen LogP contribution in [0.1, 0.15) is 72.6 Å². The number of ether oxygens (including phenoxy) is 1. The topological polar surface area (TPSA) is 63.6 Å². The highest BCUT2D eigenvalue weighted by Crippen LogP contribution is 2.68. The molecule has 1 N–H and O–H groups in total. The Hall–Kier alpha value is -0.650. The summed E-state index contributed by atoms with van der Waals surface area (Å²) in [6.07, 6.45) is 8.16. The van der Waals surface area contributed by atoms with Crippen LogP contribution in [0.5, 0.6) is 0 Å². The van der Waals surface area contributed by atoms with Crippen molar-refractivity contribution in [2.24, 2.45) is 28.6 Å². The molecule has 7 atom stereocenters. The van der Waals surface area contributed by atoms with Gasteiger partial charge in [-0.3, -0.25) is 9.59 Å². The van der Waals surface area contributed by atoms with Gasteiger partial charge < -0.3 is 9.84 Å². The fourth-order valence-corrected chi connectivity index (χ4v) is 8.68. The smallest absolute Gasteiger partial charge is 0.186 e. The van der Waals surface area contributed by atoms with E-state index in [2.05, 4.69) is 13.8 Å². The van der Waals surface area contributed by atoms with Gasteiger partial charge in [0, 0.05) is 30.6 Å². The molecule has 4 rings (SSSR count). The van der Waals surface area contributed by atoms with Gasteiger partial charge >= 0.3 is 0 Å². The van der Waals surface area contributed by atoms with Crippen molar-refractivity contribution >= 4 is 22.7 Å². The van der Waals surface area contributed by atoms with Gasteiger partial charge in [-0.05, 0) is 74.7 Å². The van der Waals surface area contributed by atoms with Gasteiger partial charge in [0.05, 0.1) is 12.2 Å². The normalized spacial score (nSPS) is 46.5. The van der Waals surface area contributed by atoms with Crippen LogP contribution in [0.4, 0.5) is 0 Å². The highest BCUT2D eigenvalue weighted by Gasteiger charge is 2.65. The van der Waals surface area contributed by atoms with Crippen LogP contribution in [0.15, 0.2) is 11.6 Å². The highest BCUT2D eigenvalue weighted by atomic mass is 32.2. The van der Waals surface area contributed by atoms with E-state index in [9.17, 15) is 14.7 Å². The Kier molecular flexibility index (Phi) is 5.57. The van der Waals surface area contributed by atoms with E-state index in [4.69, 9.17) is 4.74 Å². The third kappa shape index (κ3) is 3.27. The summed E-state index contributed by atoms with van der Waals surface area (Å²) in [4.78, 5) is 24.3. The number of thioether (sulfide) groups is 1. The fourth-order valence-electron chi connectivity index (χ4n) is 7.45. The van der Waals surface area contributed by atoms with Crippen molar-refractivity contribution in [3.8, 4) is 0 Å². The summed E-state index contributed by atoms with van der Waals surface area (Å²) in [6.45, 7) is 9.31. The monoisotopic (exact) mass is 420 g/mol. The quantitative estimate of drug-likeness (QED) is 0.723. The molecule has 0 heterocycles. The van der Waals surface area contributed by atoms with Crippen LogP contribution >= 0.6 is 11.8 Å². The first-order valence-electron chi connectivity index (χ1n) is 11.4. The van der Waals surface area contributed by atoms with Crippen molar-refractivity contribution in [2.45, 2.75) is 83.5 Å². The second-order valence-corrected chi connectivity index (χ2v) is 11.8. The molecule has 0 saturated heterocycles. The van der Waals surface area contributed by atoms with Crippen LogP contribution < -0.4 is 0 Å². The number of rotatable bonds is 4. The minimum absolute atomic E-state index is 0.0639. The van der Waals surface area contributed by atoms with Gasteiger partial charge in [-0.1, -0.05) is 31.2 Å². The predicted octanol–water partition coefficient (Wildman–Crippen LogP) is 4.54. The van der Waals surface area contributed by atoms with Gasteiger partial charge in [-0.2, -0.15) is 0 Å². The van der Waals surface area contributed by atoms with Crippen molar-refractivity contribution in [2.75, 3.05) is 13.2 Å². The summed E-state index contributed by atoms with van der Waals surface area (Å²) in [5.41, 5.74) is 0.402. The van der Waals surface area contributed by atoms with E-state index >= 15 is 0 Å². The van der Waals surface area contributed by atoms with Crippen LogP contribution in [0.2, 0.25) is 0 Å². The Morgan fingerprint density at radius 1 is 1.24 bits per heavy atom. The molecular weight excluding hydrogens is 384 g/mol. The summed E-state index contributed by atoms with van der Waals surface area (Å²) in [6, 6.07) is 0. The summed E-state index contributed by atoms with van der Waals surface area (Å²) in [5, 5.41) is 12.0. The second kappa shape index (κ2) is 7.49. The standard InChI is InChI=1S/C24H36O4S/c1-5-28-14-24(27)11-8-19-21-18(7-10-23(19,24)4)22(3)9-6-17(26)12-16(22)13-20(21)29-15(2)25/h12,18-21,27H,5-11,13-14H2,1-4H3/t18-,19-,20+,21+,22-,23-,24+/m0/s1. The molecule has 4 aliphatic carbocycles. The highest BCUT2D eigenvalue weighted by molar-refractivity contribution is 8.14. The zero-order chi connectivity index (χ0) is 21.0. The first-order chi connectivity index (χ1) is 13.6. The molecule has 0 radical (unpaired) electrons. The Labute approximate surface area is 179 Å². The van der Waals surface area contributed by atoms with Crippen molar-refractivity contribution in [3.05, 3.63) is 11.6 Å². The predicted molar refractivity (Wildman–Crippen MR) is 116 cm³/mol. The second-order valence-electron chi connectivity index (χ2n) is 10.4. The van der Waals surface area contributed by atoms with Gasteiger partial charge in [-0.15, -0.1) is 0 Å². The van der Waals surface area contributed by atoms with E-state index in [-0.39, 0.29) is 27.0 Å². The van der Waals surface area contributed by atoms with E-state index in [1.54, 1.807) is 6.92 Å². The first kappa shape index (κ1) is 21.6. The van der Waals surface area contributed by atoms with Crippen LogP contribution in [0, 0.1) is 28.6 Å². The first-order valence-corrected chi connectivity index (χ1v) is 12.2. The molecule has 3 saturated carbocycles. The maximum Gasteiger partial charge on any atom is 0.186 e. The molecule has 4 aliphatic rings. The zero-order valence-corrected chi connectivity index (χ0v) is 19.1. The van der Waals surface area contributed by atoms with Crippen LogP contribution in [-0.4, -0.2) is 40.1 Å². The van der Waals surface area contributed by atoms with E-state index in [1.165, 1.54) is 17.3 Å². The lowest BCUT2D eigenvalue weighted by Gasteiger charge is -2.61. The van der Waals surface area contributed by atoms with Crippen molar-refractivity contribution in [3.63, 3.8) is 0 Å². The molecule has 0 aliphatic heterocycles. The van der Waals surface area contributed by atoms with E-state index in [1.807, 2.05) is 13.0 Å². The van der Waals surface area contributed by atoms with Gasteiger partial charge in [0.2, 0.25) is 0 Å². The molecule has 0 amide bonds. The van der Waals surface area contributed by atoms with Gasteiger partial charge in [-0.25, -0.2) is 0 Å². The molecule has 29 heavy (non-hydrogen) atoms. The maximum atomic E-state index is 12.2. The molecule has 0 spiro atoms. The minimum atomic E-state index is -0.774. The van der Waals surface area contributed by atoms with Crippen molar-refractivity contribution < 1.29 is 19.4 Å². The van der Waals surface area contributed by atoms with Gasteiger partial charge in [0.1, 0.15) is 0 Å². The Balaban J connectivity index is 1.72. The molecule has 162 valence electrons. The minimum Gasteiger partial charge on any atom is -0.387 e. The number of allylic oxidation sites excluding steroid dienone is 1. The molecule has 0 bridgehead atoms. The third-order valence-corrected chi connectivity index (χ3v) is 10.3. The molecule has 5 heteroatoms. The van der Waals surface area contributed by atoms with E-state index < -0.39 is 5.60 Å². The van der Waals surface area contributed by atoms with E-state index in [0.717, 1.165) is 38.5 Å². The van der Waals surface area contributed by atoms with Crippen LogP contribution in [0.25, 0.3) is 0 Å². The fraction of sp³-hybridized carbons (Fsp3) is 0.833. The summed E-state index contributed by atoms with van der Waals surface area (Å²) in [7, 11) is 0. The summed E-state index contributed by atoms with van der Waals surface area (Å²) >= 11 is 1.48. The Morgan fingerprint density at radius 2 is 1.97 bits per heavy atom. The maximum absolute atomic E-state index is 12.2. The van der Waals surface area contributed by atoms with Crippen molar-refractivity contribution in [1.29, 1.82) is 0 Å². The molecule has 0 aromatic rings. The number of carbonyl (C=O) groups is 2. The lowest BCUT2D eigenvalue weighted by molar-refractivity contribution is -0.154. The SMILES string of the molecule is CCOC[C@]1(O)CC[C@H]2[C@@H]3[C@H](SC(C)=O)CC4=CC(=O)CC[C@]4(C)[C@H]3CC[C@@]21C. The average Bonchev–Trinajstić information content (AvgIpc) is 2.92. The number of ketones is 1. The molecule has 4 nitrogen and oxygen atoms in total. The largest absolute Gasteiger partial charge is 0.387 e. The number of hydrogen-bond acceptors (Lipinski definition) is 5. The Morgan fingerprint density at radius 3 is 2.66 bits per heavy atom. The number of hydrogen-bond donors (Lipinski definition) is 1. The number of aliphatic hydroxyl groups is 1. The molecular formula is C24H36O4S. The lowest BCUT2D eigenvalue weighted by atomic mass is 9.46. The summed E-state index contributed by atoms with van der Waals surface area (Å²) < 4.78 is 5.72. The van der Waals surface area contributed by atoms with Crippen molar-refractivity contribution in [1.82, 2.24) is 0 Å². The van der Waals surface area contributed by atoms with Gasteiger partial charge in [0.25, 0.3) is 0 Å². The number of fused-ring (bicyclic) bond motifs is 5. The van der Waals surface area contributed by atoms with Gasteiger partial charge in [0.15, 0.2) is 10.9 Å². The molecule has 0 aromatic carbocycles. The van der Waals surface area contributed by atoms with Crippen LogP contribution in [-0.2, 0) is 14.3 Å². The lowest BCUT2D eigenvalue weighted by Crippen LogP contribution is -2.58. The molecule has 3 fully saturated rings. The average molecular weight is 421 g/mol. The number of carbonyl (C=O) groups excluding carboxylic acids is 2. The zero-order valence-electron chi connectivity index (χ0n) is 18.3. The van der Waals surface area contributed by atoms with E-state index in [0.29, 0.717) is 37.4 Å². The molecule has 0 unspecified atom stereocenters. The Bertz CT molecular complexity index is 732. The third-order valence-electron chi connectivity index (χ3n) is 9.14. The molecule has 0 aromatic heterocycles.